The minimum Gasteiger partial charge on any atom is -0.351 e. The van der Waals surface area contributed by atoms with Gasteiger partial charge in [0.1, 0.15) is 11.6 Å². The summed E-state index contributed by atoms with van der Waals surface area (Å²) in [7, 11) is 0. The van der Waals surface area contributed by atoms with Crippen molar-refractivity contribution in [2.75, 3.05) is 13.1 Å². The molecule has 0 unspecified atom stereocenters. The van der Waals surface area contributed by atoms with Crippen molar-refractivity contribution in [3.05, 3.63) is 76.9 Å². The summed E-state index contributed by atoms with van der Waals surface area (Å²) >= 11 is 0. The molecule has 0 radical (unpaired) electrons. The van der Waals surface area contributed by atoms with Gasteiger partial charge in [-0.05, 0) is 43.2 Å². The number of halogens is 2. The summed E-state index contributed by atoms with van der Waals surface area (Å²) in [5, 5.41) is 5.20. The zero-order valence-corrected chi connectivity index (χ0v) is 14.6. The molecule has 26 heavy (non-hydrogen) atoms. The fraction of sp³-hybridized carbons (Fsp3) is 0.200. The van der Waals surface area contributed by atoms with Crippen molar-refractivity contribution >= 4 is 17.4 Å². The molecule has 2 amide bonds. The van der Waals surface area contributed by atoms with Crippen LogP contribution < -0.4 is 10.6 Å². The molecule has 0 aliphatic heterocycles. The van der Waals surface area contributed by atoms with Crippen LogP contribution in [0, 0.1) is 18.6 Å². The molecule has 0 aliphatic rings. The van der Waals surface area contributed by atoms with E-state index in [1.165, 1.54) is 30.3 Å². The number of carbonyl (C=O) groups excluding carboxylic acids is 2. The number of allylic oxidation sites excluding steroid dienone is 1. The molecule has 0 fully saturated rings. The molecule has 6 heteroatoms. The number of aryl methyl sites for hydroxylation is 1. The van der Waals surface area contributed by atoms with E-state index in [9.17, 15) is 18.4 Å². The highest BCUT2D eigenvalue weighted by Crippen LogP contribution is 2.16. The van der Waals surface area contributed by atoms with Crippen LogP contribution in [0.4, 0.5) is 8.78 Å². The molecular formula is C20H20F2N2O2. The van der Waals surface area contributed by atoms with E-state index in [1.54, 1.807) is 32.0 Å². The van der Waals surface area contributed by atoms with E-state index >= 15 is 0 Å². The van der Waals surface area contributed by atoms with Crippen LogP contribution in [0.25, 0.3) is 5.57 Å². The van der Waals surface area contributed by atoms with Gasteiger partial charge in [-0.3, -0.25) is 9.59 Å². The SMILES string of the molecule is CC(=CC(=O)NCCNC(=O)c1ccc(C)c(F)c1)c1ccccc1F. The number of amides is 2. The molecule has 4 nitrogen and oxygen atoms in total. The number of rotatable bonds is 6. The fourth-order valence-electron chi connectivity index (χ4n) is 2.30. The number of carbonyl (C=O) groups is 2. The average molecular weight is 358 g/mol. The Labute approximate surface area is 150 Å². The second-order valence-electron chi connectivity index (χ2n) is 5.82. The smallest absolute Gasteiger partial charge is 0.251 e. The maximum atomic E-state index is 13.7. The molecule has 0 spiro atoms. The summed E-state index contributed by atoms with van der Waals surface area (Å²) in [6, 6.07) is 10.4. The number of hydrogen-bond donors (Lipinski definition) is 2. The van der Waals surface area contributed by atoms with E-state index in [1.807, 2.05) is 0 Å². The summed E-state index contributed by atoms with van der Waals surface area (Å²) in [5.41, 5.74) is 1.54. The van der Waals surface area contributed by atoms with Crippen molar-refractivity contribution in [1.82, 2.24) is 10.6 Å². The van der Waals surface area contributed by atoms with Gasteiger partial charge in [0.2, 0.25) is 5.91 Å². The summed E-state index contributed by atoms with van der Waals surface area (Å²) in [4.78, 5) is 23.8. The maximum absolute atomic E-state index is 13.7. The first-order valence-corrected chi connectivity index (χ1v) is 8.14. The highest BCUT2D eigenvalue weighted by molar-refractivity contribution is 5.95. The summed E-state index contributed by atoms with van der Waals surface area (Å²) < 4.78 is 27.1. The number of benzene rings is 2. The molecule has 2 aromatic rings. The minimum absolute atomic E-state index is 0.187. The van der Waals surface area contributed by atoms with Gasteiger partial charge >= 0.3 is 0 Å². The largest absolute Gasteiger partial charge is 0.351 e. The molecule has 2 aromatic carbocycles. The van der Waals surface area contributed by atoms with Crippen molar-refractivity contribution < 1.29 is 18.4 Å². The molecule has 0 saturated heterocycles. The summed E-state index contributed by atoms with van der Waals surface area (Å²) in [6.07, 6.45) is 1.30. The lowest BCUT2D eigenvalue weighted by atomic mass is 10.1. The summed E-state index contributed by atoms with van der Waals surface area (Å²) in [5.74, 6) is -1.65. The Morgan fingerprint density at radius 1 is 1.00 bits per heavy atom. The van der Waals surface area contributed by atoms with Gasteiger partial charge < -0.3 is 10.6 Å². The monoisotopic (exact) mass is 358 g/mol. The third kappa shape index (κ3) is 5.24. The lowest BCUT2D eigenvalue weighted by Crippen LogP contribution is -2.34. The van der Waals surface area contributed by atoms with Crippen molar-refractivity contribution in [1.29, 1.82) is 0 Å². The van der Waals surface area contributed by atoms with Crippen molar-refractivity contribution in [2.45, 2.75) is 13.8 Å². The summed E-state index contributed by atoms with van der Waals surface area (Å²) in [6.45, 7) is 3.64. The predicted molar refractivity (Wildman–Crippen MR) is 96.5 cm³/mol. The molecule has 0 aromatic heterocycles. The normalized spacial score (nSPS) is 11.2. The molecule has 136 valence electrons. The standard InChI is InChI=1S/C20H20F2N2O2/c1-13-7-8-15(12-18(13)22)20(26)24-10-9-23-19(25)11-14(2)16-5-3-4-6-17(16)21/h3-8,11-12H,9-10H2,1-2H3,(H,23,25)(H,24,26). The lowest BCUT2D eigenvalue weighted by molar-refractivity contribution is -0.116. The predicted octanol–water partition coefficient (Wildman–Crippen LogP) is 3.22. The van der Waals surface area contributed by atoms with Crippen molar-refractivity contribution in [3.8, 4) is 0 Å². The quantitative estimate of drug-likeness (QED) is 0.615. The van der Waals surface area contributed by atoms with Gasteiger partial charge in [-0.1, -0.05) is 24.3 Å². The van der Waals surface area contributed by atoms with Gasteiger partial charge in [-0.2, -0.15) is 0 Å². The van der Waals surface area contributed by atoms with Crippen LogP contribution in [0.3, 0.4) is 0 Å². The van der Waals surface area contributed by atoms with E-state index in [-0.39, 0.29) is 24.6 Å². The molecule has 0 bridgehead atoms. The Morgan fingerprint density at radius 2 is 1.69 bits per heavy atom. The molecule has 2 N–H and O–H groups in total. The lowest BCUT2D eigenvalue weighted by Gasteiger charge is -2.07. The second-order valence-corrected chi connectivity index (χ2v) is 5.82. The molecule has 0 heterocycles. The highest BCUT2D eigenvalue weighted by Gasteiger charge is 2.08. The van der Waals surface area contributed by atoms with E-state index in [0.717, 1.165) is 0 Å². The first-order valence-electron chi connectivity index (χ1n) is 8.14. The van der Waals surface area contributed by atoms with Gasteiger partial charge in [-0.15, -0.1) is 0 Å². The Balaban J connectivity index is 1.81. The molecular weight excluding hydrogens is 338 g/mol. The molecule has 0 atom stereocenters. The van der Waals surface area contributed by atoms with Crippen molar-refractivity contribution in [3.63, 3.8) is 0 Å². The van der Waals surface area contributed by atoms with Gasteiger partial charge in [0, 0.05) is 30.3 Å². The minimum atomic E-state index is -0.445. The number of hydrogen-bond acceptors (Lipinski definition) is 2. The fourth-order valence-corrected chi connectivity index (χ4v) is 2.30. The molecule has 0 saturated carbocycles. The Morgan fingerprint density at radius 3 is 2.38 bits per heavy atom. The topological polar surface area (TPSA) is 58.2 Å². The van der Waals surface area contributed by atoms with Gasteiger partial charge in [0.05, 0.1) is 0 Å². The average Bonchev–Trinajstić information content (AvgIpc) is 2.61. The Kier molecular flexibility index (Phi) is 6.60. The van der Waals surface area contributed by atoms with E-state index in [0.29, 0.717) is 16.7 Å². The van der Waals surface area contributed by atoms with Crippen LogP contribution in [0.5, 0.6) is 0 Å². The third-order valence-electron chi connectivity index (χ3n) is 3.79. The third-order valence-corrected chi connectivity index (χ3v) is 3.79. The van der Waals surface area contributed by atoms with Crippen LogP contribution in [-0.4, -0.2) is 24.9 Å². The number of nitrogens with one attached hydrogen (secondary N) is 2. The van der Waals surface area contributed by atoms with Gasteiger partial charge in [0.25, 0.3) is 5.91 Å². The highest BCUT2D eigenvalue weighted by atomic mass is 19.1. The maximum Gasteiger partial charge on any atom is 0.251 e. The first kappa shape index (κ1) is 19.3. The van der Waals surface area contributed by atoms with Gasteiger partial charge in [-0.25, -0.2) is 8.78 Å². The molecule has 2 rings (SSSR count). The second kappa shape index (κ2) is 8.89. The van der Waals surface area contributed by atoms with E-state index in [4.69, 9.17) is 0 Å². The molecule has 0 aliphatic carbocycles. The first-order chi connectivity index (χ1) is 12.4. The van der Waals surface area contributed by atoms with Crippen LogP contribution >= 0.6 is 0 Å². The van der Waals surface area contributed by atoms with Crippen molar-refractivity contribution in [2.24, 2.45) is 0 Å². The van der Waals surface area contributed by atoms with E-state index < -0.39 is 17.5 Å². The van der Waals surface area contributed by atoms with Crippen LogP contribution in [0.2, 0.25) is 0 Å². The van der Waals surface area contributed by atoms with Crippen LogP contribution in [0.1, 0.15) is 28.4 Å². The Hall–Kier alpha value is -3.02. The zero-order chi connectivity index (χ0) is 19.1. The van der Waals surface area contributed by atoms with Crippen LogP contribution in [0.15, 0.2) is 48.5 Å². The Bertz CT molecular complexity index is 847. The van der Waals surface area contributed by atoms with E-state index in [2.05, 4.69) is 10.6 Å². The van der Waals surface area contributed by atoms with Crippen LogP contribution in [-0.2, 0) is 4.79 Å². The zero-order valence-electron chi connectivity index (χ0n) is 14.6. The van der Waals surface area contributed by atoms with Gasteiger partial charge in [0.15, 0.2) is 0 Å².